The highest BCUT2D eigenvalue weighted by molar-refractivity contribution is 7.08. The Morgan fingerprint density at radius 1 is 1.44 bits per heavy atom. The van der Waals surface area contributed by atoms with Crippen LogP contribution in [-0.2, 0) is 0 Å². The van der Waals surface area contributed by atoms with Gasteiger partial charge in [-0.1, -0.05) is 6.92 Å². The van der Waals surface area contributed by atoms with Crippen LogP contribution in [0.15, 0.2) is 27.3 Å². The summed E-state index contributed by atoms with van der Waals surface area (Å²) in [6.07, 6.45) is 0. The zero-order chi connectivity index (χ0) is 11.5. The quantitative estimate of drug-likeness (QED) is 0.875. The third-order valence-electron chi connectivity index (χ3n) is 2.68. The molecule has 2 aromatic heterocycles. The molecular weight excluding hydrogens is 218 g/mol. The van der Waals surface area contributed by atoms with Crippen LogP contribution in [0.5, 0.6) is 0 Å². The van der Waals surface area contributed by atoms with Gasteiger partial charge in [-0.3, -0.25) is 0 Å². The van der Waals surface area contributed by atoms with Gasteiger partial charge in [-0.05, 0) is 48.8 Å². The van der Waals surface area contributed by atoms with E-state index in [1.807, 2.05) is 13.8 Å². The van der Waals surface area contributed by atoms with Gasteiger partial charge in [0.25, 0.3) is 0 Å². The molecule has 0 aliphatic carbocycles. The van der Waals surface area contributed by atoms with Crippen LogP contribution in [0.25, 0.3) is 0 Å². The maximum Gasteiger partial charge on any atom is 0.106 e. The van der Waals surface area contributed by atoms with Gasteiger partial charge >= 0.3 is 0 Å². The zero-order valence-electron chi connectivity index (χ0n) is 9.91. The Balaban J connectivity index is 2.36. The minimum absolute atomic E-state index is 0.258. The number of hydrogen-bond acceptors (Lipinski definition) is 3. The second-order valence-corrected chi connectivity index (χ2v) is 4.70. The smallest absolute Gasteiger partial charge is 0.106 e. The number of hydrogen-bond donors (Lipinski definition) is 1. The molecular formula is C13H17NOS. The fourth-order valence-corrected chi connectivity index (χ4v) is 2.67. The van der Waals surface area contributed by atoms with Crippen molar-refractivity contribution in [1.82, 2.24) is 5.32 Å². The summed E-state index contributed by atoms with van der Waals surface area (Å²) < 4.78 is 5.60. The van der Waals surface area contributed by atoms with E-state index in [4.69, 9.17) is 4.42 Å². The summed E-state index contributed by atoms with van der Waals surface area (Å²) in [4.78, 5) is 0. The third-order valence-corrected chi connectivity index (χ3v) is 3.38. The van der Waals surface area contributed by atoms with Crippen molar-refractivity contribution in [3.63, 3.8) is 0 Å². The topological polar surface area (TPSA) is 25.2 Å². The first-order valence-electron chi connectivity index (χ1n) is 5.54. The summed E-state index contributed by atoms with van der Waals surface area (Å²) in [5.41, 5.74) is 2.56. The second-order valence-electron chi connectivity index (χ2n) is 3.92. The van der Waals surface area contributed by atoms with Crippen molar-refractivity contribution in [2.24, 2.45) is 0 Å². The monoisotopic (exact) mass is 235 g/mol. The molecule has 0 aliphatic heterocycles. The van der Waals surface area contributed by atoms with Gasteiger partial charge in [-0.15, -0.1) is 0 Å². The lowest BCUT2D eigenvalue weighted by Crippen LogP contribution is -2.21. The number of aryl methyl sites for hydroxylation is 2. The first-order valence-corrected chi connectivity index (χ1v) is 6.49. The Hall–Kier alpha value is -1.06. The van der Waals surface area contributed by atoms with Crippen LogP contribution in [-0.4, -0.2) is 6.54 Å². The highest BCUT2D eigenvalue weighted by Crippen LogP contribution is 2.28. The van der Waals surface area contributed by atoms with Gasteiger partial charge in [-0.2, -0.15) is 11.3 Å². The van der Waals surface area contributed by atoms with Crippen LogP contribution >= 0.6 is 11.3 Å². The fourth-order valence-electron chi connectivity index (χ4n) is 1.99. The number of thiophene rings is 1. The molecule has 1 unspecified atom stereocenters. The van der Waals surface area contributed by atoms with Crippen LogP contribution < -0.4 is 5.32 Å². The summed E-state index contributed by atoms with van der Waals surface area (Å²) in [6, 6.07) is 4.55. The van der Waals surface area contributed by atoms with Crippen molar-refractivity contribution in [2.45, 2.75) is 26.8 Å². The summed E-state index contributed by atoms with van der Waals surface area (Å²) in [5, 5.41) is 7.80. The largest absolute Gasteiger partial charge is 0.466 e. The van der Waals surface area contributed by atoms with Gasteiger partial charge in [0.15, 0.2) is 0 Å². The van der Waals surface area contributed by atoms with Crippen LogP contribution in [0.1, 0.15) is 35.6 Å². The third kappa shape index (κ3) is 2.20. The number of furan rings is 1. The molecule has 2 aromatic rings. The Morgan fingerprint density at radius 2 is 2.25 bits per heavy atom. The van der Waals surface area contributed by atoms with Gasteiger partial charge in [0.05, 0.1) is 6.04 Å². The van der Waals surface area contributed by atoms with E-state index in [2.05, 4.69) is 35.1 Å². The summed E-state index contributed by atoms with van der Waals surface area (Å²) in [7, 11) is 0. The van der Waals surface area contributed by atoms with E-state index in [0.717, 1.165) is 18.1 Å². The minimum atomic E-state index is 0.258. The highest BCUT2D eigenvalue weighted by Gasteiger charge is 2.18. The average Bonchev–Trinajstić information content (AvgIpc) is 2.85. The van der Waals surface area contributed by atoms with Crippen LogP contribution in [0, 0.1) is 13.8 Å². The Kier molecular flexibility index (Phi) is 3.46. The first kappa shape index (κ1) is 11.4. The SMILES string of the molecule is CCNC(c1ccsc1)c1cc(C)oc1C. The standard InChI is InChI=1S/C13H17NOS/c1-4-14-13(11-5-6-16-8-11)12-7-9(2)15-10(12)3/h5-8,13-14H,4H2,1-3H3. The molecule has 0 aliphatic rings. The molecule has 0 saturated heterocycles. The van der Waals surface area contributed by atoms with Crippen molar-refractivity contribution in [2.75, 3.05) is 6.54 Å². The van der Waals surface area contributed by atoms with Gasteiger partial charge in [0, 0.05) is 5.56 Å². The lowest BCUT2D eigenvalue weighted by molar-refractivity contribution is 0.495. The average molecular weight is 235 g/mol. The van der Waals surface area contributed by atoms with Gasteiger partial charge < -0.3 is 9.73 Å². The molecule has 0 fully saturated rings. The molecule has 2 heterocycles. The minimum Gasteiger partial charge on any atom is -0.466 e. The normalized spacial score (nSPS) is 12.9. The summed E-state index contributed by atoms with van der Waals surface area (Å²) in [6.45, 7) is 7.10. The number of nitrogens with one attached hydrogen (secondary N) is 1. The second kappa shape index (κ2) is 4.85. The predicted octanol–water partition coefficient (Wildman–Crippen LogP) is 3.66. The molecule has 0 radical (unpaired) electrons. The molecule has 2 nitrogen and oxygen atoms in total. The molecule has 16 heavy (non-hydrogen) atoms. The zero-order valence-corrected chi connectivity index (χ0v) is 10.7. The molecule has 3 heteroatoms. The molecule has 0 spiro atoms. The molecule has 0 aromatic carbocycles. The van der Waals surface area contributed by atoms with E-state index in [1.165, 1.54) is 11.1 Å². The summed E-state index contributed by atoms with van der Waals surface area (Å²) in [5.74, 6) is 1.99. The van der Waals surface area contributed by atoms with E-state index in [9.17, 15) is 0 Å². The van der Waals surface area contributed by atoms with Gasteiger partial charge in [0.2, 0.25) is 0 Å². The van der Waals surface area contributed by atoms with Crippen LogP contribution in [0.3, 0.4) is 0 Å². The van der Waals surface area contributed by atoms with Crippen molar-refractivity contribution in [1.29, 1.82) is 0 Å². The maximum atomic E-state index is 5.60. The van der Waals surface area contributed by atoms with Gasteiger partial charge in [0.1, 0.15) is 11.5 Å². The van der Waals surface area contributed by atoms with E-state index in [-0.39, 0.29) is 6.04 Å². The van der Waals surface area contributed by atoms with Crippen LogP contribution in [0.4, 0.5) is 0 Å². The maximum absolute atomic E-state index is 5.60. The van der Waals surface area contributed by atoms with Crippen molar-refractivity contribution in [3.8, 4) is 0 Å². The summed E-state index contributed by atoms with van der Waals surface area (Å²) >= 11 is 1.73. The van der Waals surface area contributed by atoms with Crippen molar-refractivity contribution in [3.05, 3.63) is 45.5 Å². The Bertz CT molecular complexity index is 444. The van der Waals surface area contributed by atoms with Crippen molar-refractivity contribution >= 4 is 11.3 Å². The molecule has 0 amide bonds. The molecule has 86 valence electrons. The van der Waals surface area contributed by atoms with E-state index >= 15 is 0 Å². The van der Waals surface area contributed by atoms with E-state index in [0.29, 0.717) is 0 Å². The Morgan fingerprint density at radius 3 is 2.75 bits per heavy atom. The van der Waals surface area contributed by atoms with Crippen molar-refractivity contribution < 1.29 is 4.42 Å². The lowest BCUT2D eigenvalue weighted by atomic mass is 10.0. The molecule has 0 bridgehead atoms. The predicted molar refractivity (Wildman–Crippen MR) is 68.0 cm³/mol. The Labute approximate surface area is 100 Å². The lowest BCUT2D eigenvalue weighted by Gasteiger charge is -2.16. The highest BCUT2D eigenvalue weighted by atomic mass is 32.1. The molecule has 1 N–H and O–H groups in total. The van der Waals surface area contributed by atoms with Gasteiger partial charge in [-0.25, -0.2) is 0 Å². The van der Waals surface area contributed by atoms with E-state index < -0.39 is 0 Å². The van der Waals surface area contributed by atoms with Crippen LogP contribution in [0.2, 0.25) is 0 Å². The molecule has 2 rings (SSSR count). The number of rotatable bonds is 4. The first-order chi connectivity index (χ1) is 7.72. The van der Waals surface area contributed by atoms with E-state index in [1.54, 1.807) is 11.3 Å². The molecule has 0 saturated carbocycles. The fraction of sp³-hybridized carbons (Fsp3) is 0.385. The molecule has 1 atom stereocenters.